The number of phenolic OH excluding ortho intramolecular Hbond substituents is 1. The highest BCUT2D eigenvalue weighted by atomic mass is 16.6. The van der Waals surface area contributed by atoms with Gasteiger partial charge in [0, 0.05) is 23.0 Å². The topological polar surface area (TPSA) is 165 Å². The number of phenols is 1. The van der Waals surface area contributed by atoms with Gasteiger partial charge in [0.25, 0.3) is 11.4 Å². The maximum atomic E-state index is 10.4. The molecule has 1 aromatic heterocycles. The van der Waals surface area contributed by atoms with Crippen molar-refractivity contribution in [2.45, 2.75) is 13.3 Å². The summed E-state index contributed by atoms with van der Waals surface area (Å²) in [5, 5.41) is 41.5. The summed E-state index contributed by atoms with van der Waals surface area (Å²) < 4.78 is 0. The number of nitro benzene ring substituents is 3. The van der Waals surface area contributed by atoms with Crippen LogP contribution in [0.25, 0.3) is 10.9 Å². The number of hydrogen-bond donors (Lipinski definition) is 2. The molecule has 33 heavy (non-hydrogen) atoms. The molecular weight excluding hydrogens is 432 g/mol. The molecule has 0 saturated carbocycles. The van der Waals surface area contributed by atoms with Gasteiger partial charge in [-0.1, -0.05) is 48.5 Å². The van der Waals surface area contributed by atoms with Crippen LogP contribution in [0.5, 0.6) is 5.75 Å². The van der Waals surface area contributed by atoms with E-state index >= 15 is 0 Å². The average Bonchev–Trinajstić information content (AvgIpc) is 3.10. The molecule has 3 aromatic carbocycles. The summed E-state index contributed by atoms with van der Waals surface area (Å²) in [7, 11) is 0. The monoisotopic (exact) mass is 450 g/mol. The van der Waals surface area contributed by atoms with E-state index in [1.54, 1.807) is 0 Å². The Morgan fingerprint density at radius 1 is 0.818 bits per heavy atom. The molecule has 0 aliphatic carbocycles. The number of H-pyrrole nitrogens is 1. The molecule has 4 rings (SSSR count). The fourth-order valence-corrected chi connectivity index (χ4v) is 3.29. The second kappa shape index (κ2) is 9.56. The number of aryl methyl sites for hydroxylation is 1. The van der Waals surface area contributed by atoms with E-state index in [2.05, 4.69) is 66.5 Å². The first-order chi connectivity index (χ1) is 15.7. The molecule has 4 aromatic rings. The number of non-ortho nitro benzene ring substituents is 1. The maximum absolute atomic E-state index is 10.4. The van der Waals surface area contributed by atoms with Crippen molar-refractivity contribution < 1.29 is 19.9 Å². The lowest BCUT2D eigenvalue weighted by Gasteiger charge is -2.00. The maximum Gasteiger partial charge on any atom is 0.324 e. The summed E-state index contributed by atoms with van der Waals surface area (Å²) in [6.45, 7) is 2.19. The van der Waals surface area contributed by atoms with Crippen LogP contribution in [0.2, 0.25) is 0 Å². The largest absolute Gasteiger partial charge is 0.497 e. The number of fused-ring (bicyclic) bond motifs is 1. The second-order valence-electron chi connectivity index (χ2n) is 7.04. The standard InChI is InChI=1S/C16H15N.C6H3N3O7/c1-12-14-9-5-6-10-15(14)17-16(12)11-13-7-3-2-4-8-13;10-6-4(8(13)14)1-3(7(11)12)2-5(6)9(15)16/h2-10,17H,11H2,1H3;1-2,10H. The van der Waals surface area contributed by atoms with E-state index < -0.39 is 37.6 Å². The van der Waals surface area contributed by atoms with Crippen LogP contribution in [0.1, 0.15) is 16.8 Å². The van der Waals surface area contributed by atoms with Gasteiger partial charge in [0.05, 0.1) is 26.9 Å². The van der Waals surface area contributed by atoms with Crippen LogP contribution in [-0.4, -0.2) is 24.9 Å². The summed E-state index contributed by atoms with van der Waals surface area (Å²) in [5.74, 6) is -1.21. The number of nitrogens with one attached hydrogen (secondary N) is 1. The summed E-state index contributed by atoms with van der Waals surface area (Å²) >= 11 is 0. The zero-order chi connectivity index (χ0) is 24.1. The summed E-state index contributed by atoms with van der Waals surface area (Å²) in [4.78, 5) is 31.3. The number of para-hydroxylation sites is 1. The van der Waals surface area contributed by atoms with Crippen LogP contribution in [0.15, 0.2) is 66.7 Å². The second-order valence-corrected chi connectivity index (χ2v) is 7.04. The minimum atomic E-state index is -1.21. The third-order valence-corrected chi connectivity index (χ3v) is 4.95. The van der Waals surface area contributed by atoms with Crippen LogP contribution in [0.3, 0.4) is 0 Å². The molecule has 11 nitrogen and oxygen atoms in total. The number of hydrogen-bond acceptors (Lipinski definition) is 7. The van der Waals surface area contributed by atoms with E-state index in [9.17, 15) is 30.3 Å². The molecule has 11 heteroatoms. The quantitative estimate of drug-likeness (QED) is 0.312. The first-order valence-electron chi connectivity index (χ1n) is 9.59. The van der Waals surface area contributed by atoms with Gasteiger partial charge in [-0.15, -0.1) is 0 Å². The van der Waals surface area contributed by atoms with Crippen LogP contribution < -0.4 is 0 Å². The van der Waals surface area contributed by atoms with E-state index in [4.69, 9.17) is 5.11 Å². The number of aromatic hydroxyl groups is 1. The van der Waals surface area contributed by atoms with Gasteiger partial charge in [-0.05, 0) is 24.1 Å². The molecule has 0 aliphatic rings. The number of rotatable bonds is 5. The van der Waals surface area contributed by atoms with Gasteiger partial charge in [0.2, 0.25) is 0 Å². The van der Waals surface area contributed by atoms with E-state index in [-0.39, 0.29) is 0 Å². The number of nitro groups is 3. The predicted octanol–water partition coefficient (Wildman–Crippen LogP) is 5.18. The highest BCUT2D eigenvalue weighted by Gasteiger charge is 2.30. The summed E-state index contributed by atoms with van der Waals surface area (Å²) in [6.07, 6.45) is 0.974. The van der Waals surface area contributed by atoms with E-state index in [0.717, 1.165) is 6.42 Å². The Hall–Kier alpha value is -4.80. The minimum Gasteiger partial charge on any atom is -0.497 e. The Balaban J connectivity index is 0.000000186. The van der Waals surface area contributed by atoms with Crippen molar-refractivity contribution >= 4 is 28.0 Å². The van der Waals surface area contributed by atoms with Crippen LogP contribution in [-0.2, 0) is 6.42 Å². The molecule has 0 fully saturated rings. The van der Waals surface area contributed by atoms with Gasteiger partial charge >= 0.3 is 11.4 Å². The van der Waals surface area contributed by atoms with E-state index in [1.165, 1.54) is 27.7 Å². The molecule has 0 aliphatic heterocycles. The first kappa shape index (κ1) is 22.9. The van der Waals surface area contributed by atoms with Gasteiger partial charge in [-0.25, -0.2) is 0 Å². The third kappa shape index (κ3) is 5.10. The summed E-state index contributed by atoms with van der Waals surface area (Å²) in [5.41, 5.74) is 2.26. The first-order valence-corrected chi connectivity index (χ1v) is 9.59. The highest BCUT2D eigenvalue weighted by Crippen LogP contribution is 2.38. The number of aromatic nitrogens is 1. The van der Waals surface area contributed by atoms with Crippen molar-refractivity contribution in [2.24, 2.45) is 0 Å². The van der Waals surface area contributed by atoms with Gasteiger partial charge in [-0.2, -0.15) is 0 Å². The molecule has 2 N–H and O–H groups in total. The molecule has 0 bridgehead atoms. The van der Waals surface area contributed by atoms with Crippen molar-refractivity contribution in [1.29, 1.82) is 0 Å². The van der Waals surface area contributed by atoms with Crippen LogP contribution in [0, 0.1) is 37.3 Å². The zero-order valence-corrected chi connectivity index (χ0v) is 17.3. The van der Waals surface area contributed by atoms with Gasteiger partial charge < -0.3 is 10.1 Å². The molecule has 0 radical (unpaired) electrons. The average molecular weight is 450 g/mol. The Morgan fingerprint density at radius 3 is 1.88 bits per heavy atom. The Morgan fingerprint density at radius 2 is 1.36 bits per heavy atom. The fraction of sp³-hybridized carbons (Fsp3) is 0.0909. The highest BCUT2D eigenvalue weighted by molar-refractivity contribution is 5.84. The lowest BCUT2D eigenvalue weighted by molar-refractivity contribution is -0.404. The molecule has 168 valence electrons. The van der Waals surface area contributed by atoms with E-state index in [0.29, 0.717) is 12.1 Å². The van der Waals surface area contributed by atoms with Gasteiger partial charge in [-0.3, -0.25) is 30.3 Å². The van der Waals surface area contributed by atoms with Gasteiger partial charge in [0.15, 0.2) is 0 Å². The number of nitrogens with zero attached hydrogens (tertiary/aromatic N) is 3. The molecule has 0 atom stereocenters. The van der Waals surface area contributed by atoms with Crippen LogP contribution >= 0.6 is 0 Å². The molecule has 0 unspecified atom stereocenters. The normalized spacial score (nSPS) is 10.3. The number of benzene rings is 3. The third-order valence-electron chi connectivity index (χ3n) is 4.95. The Kier molecular flexibility index (Phi) is 6.63. The minimum absolute atomic E-state index is 0.447. The molecule has 1 heterocycles. The van der Waals surface area contributed by atoms with Gasteiger partial charge in [0.1, 0.15) is 0 Å². The molecule has 0 spiro atoms. The van der Waals surface area contributed by atoms with E-state index in [1.807, 2.05) is 0 Å². The van der Waals surface area contributed by atoms with Crippen molar-refractivity contribution in [3.63, 3.8) is 0 Å². The Labute approximate surface area is 186 Å². The molecular formula is C22H18N4O7. The fourth-order valence-electron chi connectivity index (χ4n) is 3.29. The summed E-state index contributed by atoms with van der Waals surface area (Å²) in [6, 6.07) is 20.0. The smallest absolute Gasteiger partial charge is 0.324 e. The lowest BCUT2D eigenvalue weighted by atomic mass is 10.1. The Bertz CT molecular complexity index is 1310. The van der Waals surface area contributed by atoms with Crippen LogP contribution in [0.4, 0.5) is 17.1 Å². The van der Waals surface area contributed by atoms with Crippen molar-refractivity contribution in [3.8, 4) is 5.75 Å². The number of aromatic amines is 1. The molecule has 0 amide bonds. The van der Waals surface area contributed by atoms with Crippen molar-refractivity contribution in [3.05, 3.63) is 114 Å². The lowest BCUT2D eigenvalue weighted by Crippen LogP contribution is -1.97. The predicted molar refractivity (Wildman–Crippen MR) is 120 cm³/mol. The molecule has 0 saturated heterocycles. The van der Waals surface area contributed by atoms with Crippen molar-refractivity contribution in [1.82, 2.24) is 4.98 Å². The SMILES string of the molecule is Cc1c(Cc2ccccc2)[nH]c2ccccc12.O=[N+]([O-])c1cc([N+](=O)[O-])c(O)c([N+](=O)[O-])c1. The van der Waals surface area contributed by atoms with Crippen molar-refractivity contribution in [2.75, 3.05) is 0 Å². The zero-order valence-electron chi connectivity index (χ0n) is 17.3.